The van der Waals surface area contributed by atoms with Gasteiger partial charge in [-0.25, -0.2) is 4.98 Å². The van der Waals surface area contributed by atoms with Crippen LogP contribution in [-0.4, -0.2) is 57.8 Å². The smallest absolute Gasteiger partial charge is 0.259 e. The predicted molar refractivity (Wildman–Crippen MR) is 82.4 cm³/mol. The predicted octanol–water partition coefficient (Wildman–Crippen LogP) is 0.467. The van der Waals surface area contributed by atoms with Gasteiger partial charge in [0.15, 0.2) is 0 Å². The van der Waals surface area contributed by atoms with E-state index in [0.29, 0.717) is 17.3 Å². The number of amides is 1. The molecule has 0 atom stereocenters. The first kappa shape index (κ1) is 16.8. The average Bonchev–Trinajstić information content (AvgIpc) is 2.98. The van der Waals surface area contributed by atoms with Crippen LogP contribution in [0.15, 0.2) is 24.5 Å². The van der Waals surface area contributed by atoms with Crippen LogP contribution in [0.2, 0.25) is 0 Å². The number of rotatable bonds is 7. The third kappa shape index (κ3) is 3.78. The van der Waals surface area contributed by atoms with Crippen molar-refractivity contribution in [2.24, 2.45) is 7.05 Å². The van der Waals surface area contributed by atoms with E-state index in [9.17, 15) is 9.90 Å². The van der Waals surface area contributed by atoms with Gasteiger partial charge in [-0.2, -0.15) is 4.98 Å². The third-order valence-electron chi connectivity index (χ3n) is 3.38. The molecule has 0 aliphatic carbocycles. The molecule has 1 N–H and O–H groups in total. The molecular formula is C15H20N4O4. The van der Waals surface area contributed by atoms with Crippen LogP contribution >= 0.6 is 0 Å². The van der Waals surface area contributed by atoms with Crippen molar-refractivity contribution < 1.29 is 19.4 Å². The van der Waals surface area contributed by atoms with Gasteiger partial charge in [-0.1, -0.05) is 0 Å². The van der Waals surface area contributed by atoms with Crippen LogP contribution in [-0.2, 0) is 13.6 Å². The van der Waals surface area contributed by atoms with Gasteiger partial charge in [0.25, 0.3) is 5.91 Å². The first-order valence-electron chi connectivity index (χ1n) is 7.06. The molecule has 2 rings (SSSR count). The Morgan fingerprint density at radius 2 is 2.13 bits per heavy atom. The lowest BCUT2D eigenvalue weighted by molar-refractivity contribution is 0.0697. The fraction of sp³-hybridized carbons (Fsp3) is 0.400. The van der Waals surface area contributed by atoms with Crippen LogP contribution < -0.4 is 9.47 Å². The number of ether oxygens (including phenoxy) is 2. The SMILES string of the molecule is COc1ccc(C(=O)N(CCO)Cc2nccn2C)c(OC)n1. The lowest BCUT2D eigenvalue weighted by Crippen LogP contribution is -2.34. The van der Waals surface area contributed by atoms with Gasteiger partial charge in [0.05, 0.1) is 27.4 Å². The van der Waals surface area contributed by atoms with Crippen molar-refractivity contribution in [3.8, 4) is 11.8 Å². The van der Waals surface area contributed by atoms with E-state index < -0.39 is 0 Å². The molecule has 124 valence electrons. The Labute approximate surface area is 134 Å². The molecule has 2 heterocycles. The molecule has 0 aromatic carbocycles. The Balaban J connectivity index is 2.28. The summed E-state index contributed by atoms with van der Waals surface area (Å²) in [6.07, 6.45) is 3.46. The van der Waals surface area contributed by atoms with E-state index >= 15 is 0 Å². The first-order chi connectivity index (χ1) is 11.1. The summed E-state index contributed by atoms with van der Waals surface area (Å²) in [7, 11) is 4.77. The summed E-state index contributed by atoms with van der Waals surface area (Å²) in [6, 6.07) is 3.18. The summed E-state index contributed by atoms with van der Waals surface area (Å²) in [4.78, 5) is 22.6. The van der Waals surface area contributed by atoms with Gasteiger partial charge in [-0.05, 0) is 6.07 Å². The second kappa shape index (κ2) is 7.59. The van der Waals surface area contributed by atoms with Crippen molar-refractivity contribution in [3.63, 3.8) is 0 Å². The van der Waals surface area contributed by atoms with Gasteiger partial charge in [0, 0.05) is 32.1 Å². The zero-order valence-electron chi connectivity index (χ0n) is 13.4. The Kier molecular flexibility index (Phi) is 5.53. The highest BCUT2D eigenvalue weighted by Crippen LogP contribution is 2.22. The summed E-state index contributed by atoms with van der Waals surface area (Å²) >= 11 is 0. The van der Waals surface area contributed by atoms with E-state index in [2.05, 4.69) is 9.97 Å². The minimum absolute atomic E-state index is 0.151. The number of hydrogen-bond acceptors (Lipinski definition) is 6. The lowest BCUT2D eigenvalue weighted by Gasteiger charge is -2.22. The maximum atomic E-state index is 12.8. The number of carbonyl (C=O) groups excluding carboxylic acids is 1. The van der Waals surface area contributed by atoms with Crippen molar-refractivity contribution in [2.75, 3.05) is 27.4 Å². The fourth-order valence-electron chi connectivity index (χ4n) is 2.12. The molecule has 0 saturated carbocycles. The van der Waals surface area contributed by atoms with E-state index in [1.54, 1.807) is 24.5 Å². The minimum atomic E-state index is -0.297. The van der Waals surface area contributed by atoms with Crippen molar-refractivity contribution in [1.29, 1.82) is 0 Å². The van der Waals surface area contributed by atoms with Crippen molar-refractivity contribution >= 4 is 5.91 Å². The van der Waals surface area contributed by atoms with Crippen molar-refractivity contribution in [2.45, 2.75) is 6.54 Å². The van der Waals surface area contributed by atoms with Crippen LogP contribution in [0, 0.1) is 0 Å². The monoisotopic (exact) mass is 320 g/mol. The van der Waals surface area contributed by atoms with E-state index in [1.165, 1.54) is 19.1 Å². The van der Waals surface area contributed by atoms with Crippen LogP contribution in [0.3, 0.4) is 0 Å². The van der Waals surface area contributed by atoms with Gasteiger partial charge in [-0.15, -0.1) is 0 Å². The normalized spacial score (nSPS) is 10.4. The Bertz CT molecular complexity index is 671. The zero-order chi connectivity index (χ0) is 16.8. The maximum absolute atomic E-state index is 12.8. The topological polar surface area (TPSA) is 89.7 Å². The van der Waals surface area contributed by atoms with Gasteiger partial charge >= 0.3 is 0 Å². The fourth-order valence-corrected chi connectivity index (χ4v) is 2.12. The van der Waals surface area contributed by atoms with Gasteiger partial charge in [0.1, 0.15) is 11.4 Å². The van der Waals surface area contributed by atoms with E-state index in [4.69, 9.17) is 9.47 Å². The van der Waals surface area contributed by atoms with Crippen LogP contribution in [0.25, 0.3) is 0 Å². The number of aromatic nitrogens is 3. The highest BCUT2D eigenvalue weighted by atomic mass is 16.5. The van der Waals surface area contributed by atoms with Gasteiger partial charge in [-0.3, -0.25) is 4.79 Å². The number of methoxy groups -OCH3 is 2. The summed E-state index contributed by atoms with van der Waals surface area (Å²) in [5.74, 6) is 0.953. The third-order valence-corrected chi connectivity index (χ3v) is 3.38. The molecule has 0 aliphatic heterocycles. The van der Waals surface area contributed by atoms with Crippen molar-refractivity contribution in [1.82, 2.24) is 19.4 Å². The number of aryl methyl sites for hydroxylation is 1. The van der Waals surface area contributed by atoms with Crippen molar-refractivity contribution in [3.05, 3.63) is 35.9 Å². The molecule has 0 unspecified atom stereocenters. The van der Waals surface area contributed by atoms with Gasteiger partial charge < -0.3 is 24.0 Å². The molecule has 2 aromatic rings. The summed E-state index contributed by atoms with van der Waals surface area (Å²) in [6.45, 7) is 0.307. The largest absolute Gasteiger partial charge is 0.481 e. The number of carbonyl (C=O) groups is 1. The van der Waals surface area contributed by atoms with E-state index in [0.717, 1.165) is 0 Å². The minimum Gasteiger partial charge on any atom is -0.481 e. The molecular weight excluding hydrogens is 300 g/mol. The Morgan fingerprint density at radius 3 is 2.70 bits per heavy atom. The first-order valence-corrected chi connectivity index (χ1v) is 7.06. The van der Waals surface area contributed by atoms with E-state index in [-0.39, 0.29) is 31.5 Å². The highest BCUT2D eigenvalue weighted by Gasteiger charge is 2.22. The Hall–Kier alpha value is -2.61. The molecule has 0 spiro atoms. The number of hydrogen-bond donors (Lipinski definition) is 1. The van der Waals surface area contributed by atoms with Gasteiger partial charge in [0.2, 0.25) is 11.8 Å². The molecule has 0 aliphatic rings. The number of pyridine rings is 1. The molecule has 8 nitrogen and oxygen atoms in total. The zero-order valence-corrected chi connectivity index (χ0v) is 13.4. The molecule has 23 heavy (non-hydrogen) atoms. The second-order valence-corrected chi connectivity index (χ2v) is 4.82. The number of nitrogens with zero attached hydrogens (tertiary/aromatic N) is 4. The quantitative estimate of drug-likeness (QED) is 0.797. The summed E-state index contributed by atoms with van der Waals surface area (Å²) < 4.78 is 12.0. The molecule has 2 aromatic heterocycles. The Morgan fingerprint density at radius 1 is 1.35 bits per heavy atom. The molecule has 0 radical (unpaired) electrons. The molecule has 0 fully saturated rings. The molecule has 0 saturated heterocycles. The number of aliphatic hydroxyl groups excluding tert-OH is 1. The van der Waals surface area contributed by atoms with E-state index in [1.807, 2.05) is 11.6 Å². The number of imidazole rings is 1. The van der Waals surface area contributed by atoms with Crippen LogP contribution in [0.5, 0.6) is 11.8 Å². The average molecular weight is 320 g/mol. The molecule has 1 amide bonds. The second-order valence-electron chi connectivity index (χ2n) is 4.82. The maximum Gasteiger partial charge on any atom is 0.259 e. The van der Waals surface area contributed by atoms with Crippen LogP contribution in [0.4, 0.5) is 0 Å². The summed E-state index contributed by atoms with van der Waals surface area (Å²) in [5.41, 5.74) is 0.302. The summed E-state index contributed by atoms with van der Waals surface area (Å²) in [5, 5.41) is 9.25. The molecule has 8 heteroatoms. The lowest BCUT2D eigenvalue weighted by atomic mass is 10.2. The molecule has 0 bridgehead atoms. The number of aliphatic hydroxyl groups is 1. The van der Waals surface area contributed by atoms with Crippen LogP contribution in [0.1, 0.15) is 16.2 Å². The standard InChI is InChI=1S/C15H20N4O4/c1-18-7-6-16-12(18)10-19(8-9-20)15(21)11-4-5-13(22-2)17-14(11)23-3/h4-7,20H,8-10H2,1-3H3. The highest BCUT2D eigenvalue weighted by molar-refractivity contribution is 5.96.